The van der Waals surface area contributed by atoms with Crippen LogP contribution in [0.3, 0.4) is 0 Å². The molecule has 7 heteroatoms. The molecule has 1 aliphatic rings. The standard InChI is InChI=1S/C22H24N2O3S2/c1-3-12-24(29(26,27)19-9-4-15(2)5-10-19)18-8-11-20-16(13-18)14-21(28-20)22(25)23-17-6-7-17/h4-5,8-11,13-14,17H,3,6-7,12H2,1-2H3,(H,23,25). The largest absolute Gasteiger partial charge is 0.349 e. The van der Waals surface area contributed by atoms with E-state index in [1.54, 1.807) is 12.1 Å². The molecule has 0 atom stereocenters. The minimum atomic E-state index is -3.66. The monoisotopic (exact) mass is 428 g/mol. The van der Waals surface area contributed by atoms with Gasteiger partial charge in [-0.05, 0) is 68.0 Å². The van der Waals surface area contributed by atoms with Gasteiger partial charge in [0.15, 0.2) is 0 Å². The molecule has 1 heterocycles. The fourth-order valence-electron chi connectivity index (χ4n) is 3.21. The zero-order chi connectivity index (χ0) is 20.6. The van der Waals surface area contributed by atoms with Gasteiger partial charge in [-0.1, -0.05) is 24.6 Å². The van der Waals surface area contributed by atoms with E-state index in [1.165, 1.54) is 15.6 Å². The second-order valence-electron chi connectivity index (χ2n) is 7.47. The predicted molar refractivity (Wildman–Crippen MR) is 118 cm³/mol. The number of benzene rings is 2. The number of rotatable bonds is 7. The second-order valence-corrected chi connectivity index (χ2v) is 10.4. The minimum Gasteiger partial charge on any atom is -0.349 e. The summed E-state index contributed by atoms with van der Waals surface area (Å²) in [5, 5.41) is 3.89. The van der Waals surface area contributed by atoms with E-state index in [9.17, 15) is 13.2 Å². The number of carbonyl (C=O) groups is 1. The first-order valence-corrected chi connectivity index (χ1v) is 12.1. The summed E-state index contributed by atoms with van der Waals surface area (Å²) in [7, 11) is -3.66. The summed E-state index contributed by atoms with van der Waals surface area (Å²) in [6.07, 6.45) is 2.79. The van der Waals surface area contributed by atoms with Crippen LogP contribution in [-0.4, -0.2) is 26.9 Å². The zero-order valence-corrected chi connectivity index (χ0v) is 18.1. The van der Waals surface area contributed by atoms with Gasteiger partial charge in [-0.3, -0.25) is 9.10 Å². The number of hydrogen-bond acceptors (Lipinski definition) is 4. The van der Waals surface area contributed by atoms with Crippen LogP contribution >= 0.6 is 11.3 Å². The molecule has 0 spiro atoms. The molecule has 2 aromatic carbocycles. The molecule has 1 amide bonds. The Labute approximate surface area is 175 Å². The van der Waals surface area contributed by atoms with Crippen LogP contribution in [0, 0.1) is 6.92 Å². The first-order chi connectivity index (χ1) is 13.9. The Kier molecular flexibility index (Phi) is 5.36. The lowest BCUT2D eigenvalue weighted by molar-refractivity contribution is 0.0955. The number of nitrogens with one attached hydrogen (secondary N) is 1. The Morgan fingerprint density at radius 3 is 2.52 bits per heavy atom. The first kappa shape index (κ1) is 19.9. The van der Waals surface area contributed by atoms with E-state index >= 15 is 0 Å². The zero-order valence-electron chi connectivity index (χ0n) is 16.5. The van der Waals surface area contributed by atoms with Crippen molar-refractivity contribution in [2.45, 2.75) is 44.0 Å². The average Bonchev–Trinajstić information content (AvgIpc) is 3.40. The summed E-state index contributed by atoms with van der Waals surface area (Å²) in [5.41, 5.74) is 1.63. The molecular weight excluding hydrogens is 404 g/mol. The summed E-state index contributed by atoms with van der Waals surface area (Å²) in [6, 6.07) is 14.7. The number of carbonyl (C=O) groups excluding carboxylic acids is 1. The average molecular weight is 429 g/mol. The van der Waals surface area contributed by atoms with Crippen LogP contribution < -0.4 is 9.62 Å². The normalized spacial score (nSPS) is 14.1. The molecule has 1 aliphatic carbocycles. The molecule has 0 radical (unpaired) electrons. The maximum atomic E-state index is 13.3. The van der Waals surface area contributed by atoms with Gasteiger partial charge < -0.3 is 5.32 Å². The van der Waals surface area contributed by atoms with Crippen molar-refractivity contribution in [3.8, 4) is 0 Å². The summed E-state index contributed by atoms with van der Waals surface area (Å²) < 4.78 is 29.0. The Hall–Kier alpha value is -2.38. The Bertz CT molecular complexity index is 1150. The van der Waals surface area contributed by atoms with E-state index in [-0.39, 0.29) is 10.8 Å². The third kappa shape index (κ3) is 4.16. The SMILES string of the molecule is CCCN(c1ccc2sc(C(=O)NC3CC3)cc2c1)S(=O)(=O)c1ccc(C)cc1. The number of hydrogen-bond donors (Lipinski definition) is 1. The van der Waals surface area contributed by atoms with E-state index in [0.29, 0.717) is 29.6 Å². The molecule has 1 fully saturated rings. The number of anilines is 1. The fourth-order valence-corrected chi connectivity index (χ4v) is 5.71. The van der Waals surface area contributed by atoms with Crippen molar-refractivity contribution in [2.24, 2.45) is 0 Å². The molecule has 152 valence electrons. The summed E-state index contributed by atoms with van der Waals surface area (Å²) in [5.74, 6) is -0.0482. The third-order valence-electron chi connectivity index (χ3n) is 4.96. The lowest BCUT2D eigenvalue weighted by atomic mass is 10.2. The lowest BCUT2D eigenvalue weighted by Crippen LogP contribution is -2.31. The molecule has 29 heavy (non-hydrogen) atoms. The smallest absolute Gasteiger partial charge is 0.264 e. The Morgan fingerprint density at radius 2 is 1.86 bits per heavy atom. The molecule has 5 nitrogen and oxygen atoms in total. The maximum absolute atomic E-state index is 13.3. The van der Waals surface area contributed by atoms with Crippen molar-refractivity contribution < 1.29 is 13.2 Å². The van der Waals surface area contributed by atoms with Crippen LogP contribution in [0.1, 0.15) is 41.4 Å². The van der Waals surface area contributed by atoms with E-state index in [0.717, 1.165) is 28.5 Å². The van der Waals surface area contributed by atoms with Gasteiger partial charge in [-0.25, -0.2) is 8.42 Å². The first-order valence-electron chi connectivity index (χ1n) is 9.82. The van der Waals surface area contributed by atoms with Gasteiger partial charge >= 0.3 is 0 Å². The van der Waals surface area contributed by atoms with Crippen LogP contribution in [0.4, 0.5) is 5.69 Å². The van der Waals surface area contributed by atoms with Gasteiger partial charge in [-0.15, -0.1) is 11.3 Å². The predicted octanol–water partition coefficient (Wildman–Crippen LogP) is 4.71. The molecule has 0 saturated heterocycles. The number of thiophene rings is 1. The molecule has 1 aromatic heterocycles. The minimum absolute atomic E-state index is 0.0482. The van der Waals surface area contributed by atoms with Crippen molar-refractivity contribution >= 4 is 43.0 Å². The van der Waals surface area contributed by atoms with Crippen molar-refractivity contribution in [3.05, 3.63) is 59.0 Å². The van der Waals surface area contributed by atoms with E-state index in [4.69, 9.17) is 0 Å². The van der Waals surface area contributed by atoms with E-state index in [2.05, 4.69) is 5.32 Å². The number of amides is 1. The molecule has 3 aromatic rings. The highest BCUT2D eigenvalue weighted by molar-refractivity contribution is 7.92. The molecular formula is C22H24N2O3S2. The van der Waals surface area contributed by atoms with Gasteiger partial charge in [0, 0.05) is 17.3 Å². The Morgan fingerprint density at radius 1 is 1.14 bits per heavy atom. The van der Waals surface area contributed by atoms with E-state index in [1.807, 2.05) is 50.2 Å². The highest BCUT2D eigenvalue weighted by Crippen LogP contribution is 2.32. The molecule has 0 bridgehead atoms. The fraction of sp³-hybridized carbons (Fsp3) is 0.318. The quantitative estimate of drug-likeness (QED) is 0.593. The third-order valence-corrected chi connectivity index (χ3v) is 7.92. The van der Waals surface area contributed by atoms with Gasteiger partial charge in [0.05, 0.1) is 15.5 Å². The lowest BCUT2D eigenvalue weighted by Gasteiger charge is -2.24. The van der Waals surface area contributed by atoms with Gasteiger partial charge in [0.1, 0.15) is 0 Å². The van der Waals surface area contributed by atoms with E-state index < -0.39 is 10.0 Å². The maximum Gasteiger partial charge on any atom is 0.264 e. The van der Waals surface area contributed by atoms with Crippen LogP contribution in [0.2, 0.25) is 0 Å². The van der Waals surface area contributed by atoms with Crippen molar-refractivity contribution in [2.75, 3.05) is 10.8 Å². The number of sulfonamides is 1. The van der Waals surface area contributed by atoms with Crippen LogP contribution in [0.5, 0.6) is 0 Å². The van der Waals surface area contributed by atoms with Gasteiger partial charge in [0.2, 0.25) is 0 Å². The molecule has 1 N–H and O–H groups in total. The molecule has 0 unspecified atom stereocenters. The molecule has 0 aliphatic heterocycles. The van der Waals surface area contributed by atoms with Gasteiger partial charge in [-0.2, -0.15) is 0 Å². The summed E-state index contributed by atoms with van der Waals surface area (Å²) >= 11 is 1.43. The van der Waals surface area contributed by atoms with Crippen molar-refractivity contribution in [1.82, 2.24) is 5.32 Å². The summed E-state index contributed by atoms with van der Waals surface area (Å²) in [6.45, 7) is 4.28. The van der Waals surface area contributed by atoms with Gasteiger partial charge in [0.25, 0.3) is 15.9 Å². The van der Waals surface area contributed by atoms with Crippen LogP contribution in [-0.2, 0) is 10.0 Å². The van der Waals surface area contributed by atoms with Crippen LogP contribution in [0.25, 0.3) is 10.1 Å². The van der Waals surface area contributed by atoms with Crippen molar-refractivity contribution in [3.63, 3.8) is 0 Å². The second kappa shape index (κ2) is 7.80. The van der Waals surface area contributed by atoms with Crippen molar-refractivity contribution in [1.29, 1.82) is 0 Å². The molecule has 4 rings (SSSR count). The topological polar surface area (TPSA) is 66.5 Å². The number of aryl methyl sites for hydroxylation is 1. The summed E-state index contributed by atoms with van der Waals surface area (Å²) in [4.78, 5) is 13.3. The van der Waals surface area contributed by atoms with Crippen LogP contribution in [0.15, 0.2) is 53.4 Å². The number of fused-ring (bicyclic) bond motifs is 1. The Balaban J connectivity index is 1.69. The highest BCUT2D eigenvalue weighted by Gasteiger charge is 2.26. The highest BCUT2D eigenvalue weighted by atomic mass is 32.2. The molecule has 1 saturated carbocycles. The number of nitrogens with zero attached hydrogens (tertiary/aromatic N) is 1.